The fourth-order valence-electron chi connectivity index (χ4n) is 2.01. The van der Waals surface area contributed by atoms with Crippen molar-refractivity contribution in [1.29, 1.82) is 0 Å². The molecule has 4 heteroatoms. The third-order valence-electron chi connectivity index (χ3n) is 3.07. The Bertz CT molecular complexity index is 469. The minimum absolute atomic E-state index is 0. The summed E-state index contributed by atoms with van der Waals surface area (Å²) in [6, 6.07) is 17.9. The van der Waals surface area contributed by atoms with Gasteiger partial charge in [0.05, 0.1) is 0 Å². The molecule has 1 aliphatic heterocycles. The van der Waals surface area contributed by atoms with Crippen LogP contribution in [-0.4, -0.2) is 23.3 Å². The van der Waals surface area contributed by atoms with Crippen LogP contribution in [-0.2, 0) is 33.1 Å². The molecule has 0 radical (unpaired) electrons. The number of likely N-dealkylation sites (tertiary alicyclic amines) is 1. The molecular weight excluding hydrogens is 294 g/mol. The van der Waals surface area contributed by atoms with Crippen molar-refractivity contribution >= 4 is 11.8 Å². The molecule has 0 atom stereocenters. The van der Waals surface area contributed by atoms with Gasteiger partial charge < -0.3 is 30.3 Å². The molecule has 112 valence electrons. The molecule has 0 aromatic heterocycles. The quantitative estimate of drug-likeness (QED) is 0.496. The average Bonchev–Trinajstić information content (AvgIpc) is 3.13. The molecule has 0 spiro atoms. The van der Waals surface area contributed by atoms with Crippen LogP contribution in [0.4, 0.5) is 0 Å². The fraction of sp³-hybridized carbons (Fsp3) is 0.250. The van der Waals surface area contributed by atoms with Crippen LogP contribution in [0.25, 0.3) is 0 Å². The summed E-state index contributed by atoms with van der Waals surface area (Å²) in [7, 11) is 0. The van der Waals surface area contributed by atoms with Gasteiger partial charge in [-0.25, -0.2) is 12.1 Å². The Labute approximate surface area is 129 Å². The molecule has 0 saturated carbocycles. The second-order valence-corrected chi connectivity index (χ2v) is 4.44. The van der Waals surface area contributed by atoms with Gasteiger partial charge >= 0.3 is 0 Å². The smallest absolute Gasteiger partial charge is 0.229 e. The van der Waals surface area contributed by atoms with Crippen molar-refractivity contribution in [1.82, 2.24) is 4.90 Å². The van der Waals surface area contributed by atoms with Gasteiger partial charge in [-0.15, -0.1) is 0 Å². The van der Waals surface area contributed by atoms with Gasteiger partial charge in [0.15, 0.2) is 0 Å². The Balaban J connectivity index is 0.000000283. The molecule has 1 saturated heterocycles. The maximum atomic E-state index is 11.2. The van der Waals surface area contributed by atoms with Gasteiger partial charge in [-0.05, 0) is 0 Å². The molecule has 2 aromatic carbocycles. The Morgan fingerprint density at radius 3 is 1.85 bits per heavy atom. The zero-order chi connectivity index (χ0) is 13.5. The SMILES string of the molecule is O=C1CCC(=O)N1CC[c-]1cccc1.[Fe].[cH-]1[cH-][cH-][cH-][cH-]1. The average molecular weight is 311 g/mol. The van der Waals surface area contributed by atoms with E-state index < -0.39 is 0 Å². The standard InChI is InChI=1S/C11H12NO2.C5H5.Fe/c13-10-5-6-11(14)12(10)8-7-9-3-1-2-4-9;1-2-4-5-3-1;/h1-4H,5-8H2;1-5H;/q-1;-5;. The largest absolute Gasteiger partial charge is 0.748 e. The van der Waals surface area contributed by atoms with Crippen molar-refractivity contribution in [2.24, 2.45) is 0 Å². The van der Waals surface area contributed by atoms with E-state index >= 15 is 0 Å². The van der Waals surface area contributed by atoms with Crippen LogP contribution in [0.5, 0.6) is 0 Å². The van der Waals surface area contributed by atoms with Crippen LogP contribution in [0.1, 0.15) is 18.4 Å². The topological polar surface area (TPSA) is 37.4 Å². The Kier molecular flexibility index (Phi) is 6.99. The number of imide groups is 1. The van der Waals surface area contributed by atoms with E-state index in [0.717, 1.165) is 6.42 Å². The number of amides is 2. The normalized spacial score (nSPS) is 13.7. The first-order chi connectivity index (χ1) is 9.27. The minimum Gasteiger partial charge on any atom is -0.748 e. The van der Waals surface area contributed by atoms with Gasteiger partial charge in [0, 0.05) is 36.5 Å². The summed E-state index contributed by atoms with van der Waals surface area (Å²) >= 11 is 0. The molecule has 3 nitrogen and oxygen atoms in total. The van der Waals surface area contributed by atoms with Crippen molar-refractivity contribution in [3.63, 3.8) is 0 Å². The number of carbonyl (C=O) groups excluding carboxylic acids is 2. The monoisotopic (exact) mass is 311 g/mol. The first-order valence-corrected chi connectivity index (χ1v) is 6.48. The van der Waals surface area contributed by atoms with Crippen molar-refractivity contribution < 1.29 is 26.7 Å². The van der Waals surface area contributed by atoms with Crippen molar-refractivity contribution in [3.05, 3.63) is 60.2 Å². The minimum atomic E-state index is -0.0263. The number of hydrogen-bond donors (Lipinski definition) is 0. The van der Waals surface area contributed by atoms with E-state index in [4.69, 9.17) is 0 Å². The van der Waals surface area contributed by atoms with Crippen LogP contribution in [0.2, 0.25) is 0 Å². The van der Waals surface area contributed by atoms with Crippen molar-refractivity contribution in [2.75, 3.05) is 6.54 Å². The van der Waals surface area contributed by atoms with Crippen LogP contribution >= 0.6 is 0 Å². The predicted octanol–water partition coefficient (Wildman–Crippen LogP) is 2.50. The number of rotatable bonds is 3. The molecule has 0 aliphatic carbocycles. The van der Waals surface area contributed by atoms with Gasteiger partial charge in [-0.1, -0.05) is 6.42 Å². The maximum Gasteiger partial charge on any atom is 0.229 e. The summed E-state index contributed by atoms with van der Waals surface area (Å²) in [5, 5.41) is 0. The summed E-state index contributed by atoms with van der Waals surface area (Å²) in [5.74, 6) is -0.0527. The summed E-state index contributed by atoms with van der Waals surface area (Å²) in [6.07, 6.45) is 1.55. The molecule has 20 heavy (non-hydrogen) atoms. The van der Waals surface area contributed by atoms with E-state index in [1.165, 1.54) is 10.5 Å². The van der Waals surface area contributed by atoms with Gasteiger partial charge in [0.1, 0.15) is 0 Å². The van der Waals surface area contributed by atoms with E-state index in [-0.39, 0.29) is 28.9 Å². The molecule has 3 rings (SSSR count). The molecule has 2 amide bonds. The van der Waals surface area contributed by atoms with Gasteiger partial charge in [-0.2, -0.15) is 17.7 Å². The third kappa shape index (κ3) is 4.80. The molecule has 1 fully saturated rings. The molecule has 2 aromatic rings. The van der Waals surface area contributed by atoms with Crippen LogP contribution in [0.3, 0.4) is 0 Å². The second-order valence-electron chi connectivity index (χ2n) is 4.44. The molecule has 0 unspecified atom stereocenters. The van der Waals surface area contributed by atoms with Crippen LogP contribution < -0.4 is 0 Å². The molecule has 1 heterocycles. The molecule has 0 bridgehead atoms. The zero-order valence-corrected chi connectivity index (χ0v) is 12.2. The molecular formula is C16H17FeNO2-6. The van der Waals surface area contributed by atoms with E-state index in [0.29, 0.717) is 19.4 Å². The summed E-state index contributed by atoms with van der Waals surface area (Å²) in [5.41, 5.74) is 1.18. The molecule has 0 N–H and O–H groups in total. The maximum absolute atomic E-state index is 11.2. The molecule has 1 aliphatic rings. The fourth-order valence-corrected chi connectivity index (χ4v) is 2.01. The third-order valence-corrected chi connectivity index (χ3v) is 3.07. The van der Waals surface area contributed by atoms with Crippen LogP contribution in [0, 0.1) is 0 Å². The van der Waals surface area contributed by atoms with E-state index in [1.54, 1.807) is 0 Å². The number of carbonyl (C=O) groups is 2. The second kappa shape index (κ2) is 8.51. The number of hydrogen-bond acceptors (Lipinski definition) is 2. The summed E-state index contributed by atoms with van der Waals surface area (Å²) in [6.45, 7) is 0.529. The zero-order valence-electron chi connectivity index (χ0n) is 11.1. The first-order valence-electron chi connectivity index (χ1n) is 6.48. The van der Waals surface area contributed by atoms with E-state index in [2.05, 4.69) is 0 Å². The van der Waals surface area contributed by atoms with Crippen LogP contribution in [0.15, 0.2) is 54.6 Å². The van der Waals surface area contributed by atoms with Gasteiger partial charge in [-0.3, -0.25) is 14.5 Å². The van der Waals surface area contributed by atoms with Crippen molar-refractivity contribution in [3.8, 4) is 0 Å². The van der Waals surface area contributed by atoms with E-state index in [1.807, 2.05) is 54.6 Å². The van der Waals surface area contributed by atoms with Gasteiger partial charge in [0.2, 0.25) is 11.8 Å². The first kappa shape index (κ1) is 16.4. The Morgan fingerprint density at radius 2 is 1.40 bits per heavy atom. The predicted molar refractivity (Wildman–Crippen MR) is 73.7 cm³/mol. The summed E-state index contributed by atoms with van der Waals surface area (Å²) in [4.78, 5) is 23.9. The Hall–Kier alpha value is -1.64. The van der Waals surface area contributed by atoms with Gasteiger partial charge in [0.25, 0.3) is 0 Å². The Morgan fingerprint density at radius 1 is 0.950 bits per heavy atom. The number of nitrogens with zero attached hydrogens (tertiary/aromatic N) is 1. The van der Waals surface area contributed by atoms with Crippen molar-refractivity contribution in [2.45, 2.75) is 19.3 Å². The van der Waals surface area contributed by atoms with E-state index in [9.17, 15) is 9.59 Å². The summed E-state index contributed by atoms with van der Waals surface area (Å²) < 4.78 is 0.